The molecule has 1 aromatic rings. The molecule has 1 atom stereocenters. The monoisotopic (exact) mass is 319 g/mol. The summed E-state index contributed by atoms with van der Waals surface area (Å²) in [5, 5.41) is 3.38. The van der Waals surface area contributed by atoms with Crippen molar-refractivity contribution in [3.8, 4) is 11.5 Å². The van der Waals surface area contributed by atoms with E-state index in [0.29, 0.717) is 17.4 Å². The van der Waals surface area contributed by atoms with Gasteiger partial charge in [-0.2, -0.15) is 0 Å². The fourth-order valence-corrected chi connectivity index (χ4v) is 3.61. The zero-order chi connectivity index (χ0) is 16.8. The van der Waals surface area contributed by atoms with E-state index in [9.17, 15) is 4.79 Å². The molecule has 3 rings (SSSR count). The van der Waals surface area contributed by atoms with Crippen molar-refractivity contribution < 1.29 is 14.3 Å². The van der Waals surface area contributed by atoms with Crippen LogP contribution in [0.2, 0.25) is 0 Å². The van der Waals surface area contributed by atoms with Gasteiger partial charge in [-0.25, -0.2) is 0 Å². The molecule has 1 fully saturated rings. The molecule has 1 unspecified atom stereocenters. The van der Waals surface area contributed by atoms with Gasteiger partial charge < -0.3 is 14.8 Å². The first-order chi connectivity index (χ1) is 11.2. The van der Waals surface area contributed by atoms with Gasteiger partial charge in [0.25, 0.3) is 0 Å². The van der Waals surface area contributed by atoms with E-state index < -0.39 is 0 Å². The molecule has 2 aliphatic rings. The summed E-state index contributed by atoms with van der Waals surface area (Å²) in [6.45, 7) is 6.17. The van der Waals surface area contributed by atoms with E-state index in [-0.39, 0.29) is 11.7 Å². The number of fused-ring (bicyclic) bond motifs is 1. The predicted molar refractivity (Wildman–Crippen MR) is 92.6 cm³/mol. The minimum atomic E-state index is 0.139. The van der Waals surface area contributed by atoms with Gasteiger partial charge in [0.15, 0.2) is 17.3 Å². The second kappa shape index (κ2) is 8.34. The highest BCUT2D eigenvalue weighted by Gasteiger charge is 2.33. The van der Waals surface area contributed by atoms with Crippen LogP contribution in [0.25, 0.3) is 0 Å². The molecule has 1 saturated heterocycles. The molecule has 0 bridgehead atoms. The molecule has 4 nitrogen and oxygen atoms in total. The highest BCUT2D eigenvalue weighted by atomic mass is 16.5. The zero-order valence-corrected chi connectivity index (χ0v) is 14.8. The van der Waals surface area contributed by atoms with Crippen LogP contribution in [0.15, 0.2) is 12.1 Å². The van der Waals surface area contributed by atoms with E-state index in [2.05, 4.69) is 5.32 Å². The van der Waals surface area contributed by atoms with Crippen molar-refractivity contribution in [2.75, 3.05) is 27.3 Å². The second-order valence-corrected chi connectivity index (χ2v) is 6.06. The van der Waals surface area contributed by atoms with Crippen molar-refractivity contribution in [3.05, 3.63) is 23.3 Å². The van der Waals surface area contributed by atoms with Crippen molar-refractivity contribution in [1.82, 2.24) is 5.32 Å². The third-order valence-electron chi connectivity index (χ3n) is 4.79. The molecular formula is C19H29NO3. The number of hydrogen-bond donors (Lipinski definition) is 1. The molecule has 128 valence electrons. The van der Waals surface area contributed by atoms with E-state index in [1.165, 1.54) is 12.8 Å². The lowest BCUT2D eigenvalue weighted by molar-refractivity contribution is 0.0913. The van der Waals surface area contributed by atoms with Crippen LogP contribution in [0.5, 0.6) is 11.5 Å². The summed E-state index contributed by atoms with van der Waals surface area (Å²) >= 11 is 0. The predicted octanol–water partition coefficient (Wildman–Crippen LogP) is 3.47. The van der Waals surface area contributed by atoms with Crippen molar-refractivity contribution in [2.24, 2.45) is 11.8 Å². The highest BCUT2D eigenvalue weighted by molar-refractivity contribution is 6.02. The Balaban J connectivity index is 0.000000924. The number of nitrogens with one attached hydrogen (secondary N) is 1. The Morgan fingerprint density at radius 1 is 1.09 bits per heavy atom. The van der Waals surface area contributed by atoms with Crippen LogP contribution in [0, 0.1) is 11.8 Å². The van der Waals surface area contributed by atoms with Gasteiger partial charge in [-0.15, -0.1) is 0 Å². The van der Waals surface area contributed by atoms with Gasteiger partial charge in [-0.1, -0.05) is 13.8 Å². The zero-order valence-electron chi connectivity index (χ0n) is 14.8. The number of ether oxygens (including phenoxy) is 2. The van der Waals surface area contributed by atoms with Crippen LogP contribution in [-0.4, -0.2) is 33.1 Å². The van der Waals surface area contributed by atoms with Crippen molar-refractivity contribution in [2.45, 2.75) is 39.5 Å². The molecule has 0 saturated carbocycles. The maximum absolute atomic E-state index is 12.6. The van der Waals surface area contributed by atoms with Gasteiger partial charge in [-0.3, -0.25) is 4.79 Å². The quantitative estimate of drug-likeness (QED) is 0.923. The molecule has 1 aliphatic heterocycles. The minimum Gasteiger partial charge on any atom is -0.493 e. The summed E-state index contributed by atoms with van der Waals surface area (Å²) in [6.07, 6.45) is 4.23. The van der Waals surface area contributed by atoms with Gasteiger partial charge in [0.05, 0.1) is 14.2 Å². The molecular weight excluding hydrogens is 290 g/mol. The second-order valence-electron chi connectivity index (χ2n) is 6.06. The normalized spacial score (nSPS) is 20.5. The smallest absolute Gasteiger partial charge is 0.166 e. The Hall–Kier alpha value is -1.55. The van der Waals surface area contributed by atoms with Crippen LogP contribution in [0.3, 0.4) is 0 Å². The number of carbonyl (C=O) groups is 1. The Morgan fingerprint density at radius 3 is 2.30 bits per heavy atom. The van der Waals surface area contributed by atoms with E-state index in [1.807, 2.05) is 26.0 Å². The number of ketones is 1. The molecule has 0 amide bonds. The number of benzene rings is 1. The fraction of sp³-hybridized carbons (Fsp3) is 0.632. The molecule has 1 aromatic carbocycles. The van der Waals surface area contributed by atoms with E-state index in [4.69, 9.17) is 9.47 Å². The lowest BCUT2D eigenvalue weighted by Crippen LogP contribution is -2.29. The Bertz CT molecular complexity index is 536. The molecule has 4 heteroatoms. The number of carbonyl (C=O) groups excluding carboxylic acids is 1. The first-order valence-electron chi connectivity index (χ1n) is 8.72. The van der Waals surface area contributed by atoms with Gasteiger partial charge in [0.1, 0.15) is 0 Å². The standard InChI is InChI=1S/C17H23NO3.C2H6/c1-20-15-9-12-8-13(7-11-3-5-18-6-4-11)17(19)14(12)10-16(15)21-2;1-2/h9-11,13,18H,3-8H2,1-2H3;1-2H3. The van der Waals surface area contributed by atoms with Crippen molar-refractivity contribution in [1.29, 1.82) is 0 Å². The van der Waals surface area contributed by atoms with Gasteiger partial charge in [0, 0.05) is 11.5 Å². The van der Waals surface area contributed by atoms with Crippen LogP contribution in [-0.2, 0) is 6.42 Å². The summed E-state index contributed by atoms with van der Waals surface area (Å²) in [6, 6.07) is 3.81. The molecule has 1 N–H and O–H groups in total. The lowest BCUT2D eigenvalue weighted by Gasteiger charge is -2.24. The molecule has 0 radical (unpaired) electrons. The number of methoxy groups -OCH3 is 2. The molecule has 1 heterocycles. The van der Waals surface area contributed by atoms with Gasteiger partial charge in [0.2, 0.25) is 0 Å². The third-order valence-corrected chi connectivity index (χ3v) is 4.79. The molecule has 23 heavy (non-hydrogen) atoms. The number of rotatable bonds is 4. The van der Waals surface area contributed by atoms with Crippen LogP contribution >= 0.6 is 0 Å². The molecule has 1 aliphatic carbocycles. The summed E-state index contributed by atoms with van der Waals surface area (Å²) < 4.78 is 10.6. The summed E-state index contributed by atoms with van der Waals surface area (Å²) in [7, 11) is 3.24. The average molecular weight is 319 g/mol. The largest absolute Gasteiger partial charge is 0.493 e. The SMILES string of the molecule is CC.COc1cc2c(cc1OC)C(=O)C(CC1CCNCC1)C2. The van der Waals surface area contributed by atoms with E-state index in [1.54, 1.807) is 14.2 Å². The van der Waals surface area contributed by atoms with Crippen molar-refractivity contribution >= 4 is 5.78 Å². The van der Waals surface area contributed by atoms with Crippen LogP contribution in [0.1, 0.15) is 49.0 Å². The van der Waals surface area contributed by atoms with Crippen molar-refractivity contribution in [3.63, 3.8) is 0 Å². The highest BCUT2D eigenvalue weighted by Crippen LogP contribution is 2.39. The number of piperidine rings is 1. The van der Waals surface area contributed by atoms with E-state index in [0.717, 1.165) is 37.1 Å². The van der Waals surface area contributed by atoms with Crippen LogP contribution in [0.4, 0.5) is 0 Å². The third kappa shape index (κ3) is 3.86. The first kappa shape index (κ1) is 17.8. The first-order valence-corrected chi connectivity index (χ1v) is 8.72. The van der Waals surface area contributed by atoms with Gasteiger partial charge >= 0.3 is 0 Å². The lowest BCUT2D eigenvalue weighted by atomic mass is 9.86. The minimum absolute atomic E-state index is 0.139. The Morgan fingerprint density at radius 2 is 1.70 bits per heavy atom. The van der Waals surface area contributed by atoms with Crippen LogP contribution < -0.4 is 14.8 Å². The van der Waals surface area contributed by atoms with E-state index >= 15 is 0 Å². The summed E-state index contributed by atoms with van der Waals surface area (Å²) in [5.74, 6) is 2.46. The number of Topliss-reactive ketones (excluding diaryl/α,β-unsaturated/α-hetero) is 1. The Kier molecular flexibility index (Phi) is 6.46. The maximum atomic E-state index is 12.6. The Labute approximate surface area is 139 Å². The molecule has 0 aromatic heterocycles. The number of hydrogen-bond acceptors (Lipinski definition) is 4. The summed E-state index contributed by atoms with van der Waals surface area (Å²) in [4.78, 5) is 12.6. The fourth-order valence-electron chi connectivity index (χ4n) is 3.61. The molecule has 0 spiro atoms. The topological polar surface area (TPSA) is 47.6 Å². The summed E-state index contributed by atoms with van der Waals surface area (Å²) in [5.41, 5.74) is 1.93. The maximum Gasteiger partial charge on any atom is 0.166 e. The van der Waals surface area contributed by atoms with Gasteiger partial charge in [-0.05, 0) is 62.4 Å². The average Bonchev–Trinajstić information content (AvgIpc) is 2.91.